The van der Waals surface area contributed by atoms with Crippen molar-refractivity contribution in [3.63, 3.8) is 0 Å². The Balaban J connectivity index is 1.76. The number of benzene rings is 3. The maximum Gasteiger partial charge on any atom is 0.216 e. The average molecular weight is 448 g/mol. The molecule has 3 nitrogen and oxygen atoms in total. The Labute approximate surface area is 195 Å². The molecule has 4 heteroatoms. The van der Waals surface area contributed by atoms with Crippen LogP contribution < -0.4 is 9.75 Å². The standard InChI is InChI=1S/C29H27N2OSi/c1-19-9-14-23-25-17-24(20-10-12-22(13-11-20)33(3,4)5)21(18-30)16-27(25)32-29(23)28(19)26-8-6-7-15-31(26)2/h6-17H,1-5H3/q+1. The number of nitrogens with zero attached hydrogens (tertiary/aromatic N) is 2. The zero-order chi connectivity index (χ0) is 23.3. The van der Waals surface area contributed by atoms with Crippen LogP contribution in [0.4, 0.5) is 0 Å². The fourth-order valence-electron chi connectivity index (χ4n) is 4.57. The quantitative estimate of drug-likeness (QED) is 0.235. The van der Waals surface area contributed by atoms with E-state index in [0.717, 1.165) is 49.9 Å². The fraction of sp³-hybridized carbons (Fsp3) is 0.172. The summed E-state index contributed by atoms with van der Waals surface area (Å²) >= 11 is 0. The molecular formula is C29H27N2OSi+. The minimum Gasteiger partial charge on any atom is -0.455 e. The number of nitriles is 1. The largest absolute Gasteiger partial charge is 0.455 e. The molecule has 162 valence electrons. The van der Waals surface area contributed by atoms with Gasteiger partial charge in [0.15, 0.2) is 6.20 Å². The van der Waals surface area contributed by atoms with Gasteiger partial charge in [0.1, 0.15) is 18.2 Å². The van der Waals surface area contributed by atoms with Crippen molar-refractivity contribution >= 4 is 35.2 Å². The van der Waals surface area contributed by atoms with E-state index in [9.17, 15) is 5.26 Å². The Hall–Kier alpha value is -3.68. The zero-order valence-electron chi connectivity index (χ0n) is 19.7. The molecule has 0 aliphatic rings. The number of rotatable bonds is 3. The molecule has 0 N–H and O–H groups in total. The van der Waals surface area contributed by atoms with Gasteiger partial charge in [0.05, 0.1) is 25.3 Å². The van der Waals surface area contributed by atoms with E-state index in [1.54, 1.807) is 0 Å². The fourth-order valence-corrected chi connectivity index (χ4v) is 5.73. The molecule has 0 bridgehead atoms. The summed E-state index contributed by atoms with van der Waals surface area (Å²) in [6, 6.07) is 25.6. The van der Waals surface area contributed by atoms with Gasteiger partial charge in [0.2, 0.25) is 5.69 Å². The number of fused-ring (bicyclic) bond motifs is 3. The lowest BCUT2D eigenvalue weighted by atomic mass is 9.96. The van der Waals surface area contributed by atoms with Crippen molar-refractivity contribution in [2.24, 2.45) is 7.05 Å². The molecular weight excluding hydrogens is 420 g/mol. The molecule has 3 aromatic carbocycles. The molecule has 2 aromatic heterocycles. The van der Waals surface area contributed by atoms with E-state index >= 15 is 0 Å². The van der Waals surface area contributed by atoms with E-state index in [1.807, 2.05) is 31.4 Å². The molecule has 0 amide bonds. The molecule has 0 spiro atoms. The second-order valence-corrected chi connectivity index (χ2v) is 14.8. The molecule has 0 saturated carbocycles. The summed E-state index contributed by atoms with van der Waals surface area (Å²) in [7, 11) is 0.669. The van der Waals surface area contributed by atoms with E-state index in [4.69, 9.17) is 4.42 Å². The zero-order valence-corrected chi connectivity index (χ0v) is 20.7. The van der Waals surface area contributed by atoms with Crippen LogP contribution in [0.5, 0.6) is 0 Å². The molecule has 5 rings (SSSR count). The highest BCUT2D eigenvalue weighted by Crippen LogP contribution is 2.39. The molecule has 5 aromatic rings. The lowest BCUT2D eigenvalue weighted by Gasteiger charge is -2.17. The predicted octanol–water partition coefficient (Wildman–Crippen LogP) is 6.47. The minimum atomic E-state index is -1.38. The molecule has 0 atom stereocenters. The van der Waals surface area contributed by atoms with Crippen LogP contribution in [-0.4, -0.2) is 8.07 Å². The van der Waals surface area contributed by atoms with Crippen molar-refractivity contribution in [2.75, 3.05) is 0 Å². The van der Waals surface area contributed by atoms with Crippen LogP contribution >= 0.6 is 0 Å². The lowest BCUT2D eigenvalue weighted by Crippen LogP contribution is -2.37. The van der Waals surface area contributed by atoms with Gasteiger partial charge in [-0.3, -0.25) is 0 Å². The lowest BCUT2D eigenvalue weighted by molar-refractivity contribution is -0.660. The van der Waals surface area contributed by atoms with Crippen molar-refractivity contribution in [1.29, 1.82) is 5.26 Å². The number of hydrogen-bond donors (Lipinski definition) is 0. The second kappa shape index (κ2) is 7.72. The van der Waals surface area contributed by atoms with Gasteiger partial charge < -0.3 is 4.42 Å². The molecule has 0 saturated heterocycles. The summed E-state index contributed by atoms with van der Waals surface area (Å²) < 4.78 is 8.52. The molecule has 2 heterocycles. The number of aromatic nitrogens is 1. The minimum absolute atomic E-state index is 0.630. The Kier molecular flexibility index (Phi) is 4.95. The first-order valence-corrected chi connectivity index (χ1v) is 14.7. The highest BCUT2D eigenvalue weighted by atomic mass is 28.3. The Morgan fingerprint density at radius 1 is 0.909 bits per heavy atom. The van der Waals surface area contributed by atoms with E-state index in [-0.39, 0.29) is 0 Å². The maximum atomic E-state index is 9.92. The topological polar surface area (TPSA) is 40.8 Å². The highest BCUT2D eigenvalue weighted by Gasteiger charge is 2.22. The van der Waals surface area contributed by atoms with Crippen LogP contribution in [-0.2, 0) is 7.05 Å². The summed E-state index contributed by atoms with van der Waals surface area (Å²) in [4.78, 5) is 0. The van der Waals surface area contributed by atoms with Gasteiger partial charge in [-0.05, 0) is 36.2 Å². The smallest absolute Gasteiger partial charge is 0.216 e. The van der Waals surface area contributed by atoms with Crippen LogP contribution in [0.2, 0.25) is 19.6 Å². The maximum absolute atomic E-state index is 9.92. The van der Waals surface area contributed by atoms with Gasteiger partial charge >= 0.3 is 0 Å². The van der Waals surface area contributed by atoms with Crippen LogP contribution in [0.15, 0.2) is 77.3 Å². The highest BCUT2D eigenvalue weighted by molar-refractivity contribution is 6.88. The molecule has 33 heavy (non-hydrogen) atoms. The van der Waals surface area contributed by atoms with Gasteiger partial charge in [-0.15, -0.1) is 0 Å². The van der Waals surface area contributed by atoms with Gasteiger partial charge in [0.25, 0.3) is 0 Å². The summed E-state index contributed by atoms with van der Waals surface area (Å²) in [5.41, 5.74) is 7.59. The van der Waals surface area contributed by atoms with Gasteiger partial charge in [-0.2, -0.15) is 5.26 Å². The number of aryl methyl sites for hydroxylation is 2. The Bertz CT molecular complexity index is 1560. The second-order valence-electron chi connectivity index (χ2n) is 9.77. The molecule has 0 radical (unpaired) electrons. The number of furan rings is 1. The van der Waals surface area contributed by atoms with Crippen molar-refractivity contribution < 1.29 is 8.98 Å². The summed E-state index contributed by atoms with van der Waals surface area (Å²) in [5, 5.41) is 13.4. The van der Waals surface area contributed by atoms with Crippen LogP contribution in [0.1, 0.15) is 11.1 Å². The van der Waals surface area contributed by atoms with E-state index in [1.165, 1.54) is 5.19 Å². The van der Waals surface area contributed by atoms with Crippen molar-refractivity contribution in [3.8, 4) is 28.5 Å². The van der Waals surface area contributed by atoms with Crippen molar-refractivity contribution in [1.82, 2.24) is 0 Å². The van der Waals surface area contributed by atoms with Crippen molar-refractivity contribution in [3.05, 3.63) is 84.1 Å². The number of pyridine rings is 1. The first-order chi connectivity index (χ1) is 15.8. The third-order valence-corrected chi connectivity index (χ3v) is 8.55. The molecule has 0 aliphatic heterocycles. The van der Waals surface area contributed by atoms with E-state index < -0.39 is 8.07 Å². The van der Waals surface area contributed by atoms with Crippen LogP contribution in [0, 0.1) is 18.3 Å². The molecule has 0 unspecified atom stereocenters. The number of hydrogen-bond acceptors (Lipinski definition) is 2. The third kappa shape index (κ3) is 3.55. The summed E-state index contributed by atoms with van der Waals surface area (Å²) in [5.74, 6) is 0. The van der Waals surface area contributed by atoms with Gasteiger partial charge in [-0.1, -0.05) is 61.2 Å². The first kappa shape index (κ1) is 21.2. The van der Waals surface area contributed by atoms with E-state index in [0.29, 0.717) is 5.56 Å². The monoisotopic (exact) mass is 447 g/mol. The summed E-state index contributed by atoms with van der Waals surface area (Å²) in [6.45, 7) is 9.15. The van der Waals surface area contributed by atoms with E-state index in [2.05, 4.69) is 85.7 Å². The summed E-state index contributed by atoms with van der Waals surface area (Å²) in [6.07, 6.45) is 2.05. The molecule has 0 aliphatic carbocycles. The van der Waals surface area contributed by atoms with Crippen LogP contribution in [0.25, 0.3) is 44.3 Å². The Morgan fingerprint density at radius 2 is 1.67 bits per heavy atom. The average Bonchev–Trinajstić information content (AvgIpc) is 3.15. The SMILES string of the molecule is Cc1ccc2c(oc3cc(C#N)c(-c4ccc([Si](C)(C)C)cc4)cc32)c1-c1cccc[n+]1C. The van der Waals surface area contributed by atoms with Crippen LogP contribution in [0.3, 0.4) is 0 Å². The Morgan fingerprint density at radius 3 is 2.33 bits per heavy atom. The third-order valence-electron chi connectivity index (χ3n) is 6.48. The van der Waals surface area contributed by atoms with Gasteiger partial charge in [0, 0.05) is 28.5 Å². The molecule has 0 fully saturated rings. The van der Waals surface area contributed by atoms with Crippen molar-refractivity contribution in [2.45, 2.75) is 26.6 Å². The first-order valence-electron chi connectivity index (χ1n) is 11.2. The van der Waals surface area contributed by atoms with Gasteiger partial charge in [-0.25, -0.2) is 4.57 Å². The normalized spacial score (nSPS) is 11.8. The predicted molar refractivity (Wildman–Crippen MR) is 138 cm³/mol.